The average molecular weight is 363 g/mol. The molecule has 140 valence electrons. The Hall–Kier alpha value is -2.95. The molecule has 0 atom stereocenters. The van der Waals surface area contributed by atoms with Gasteiger partial charge < -0.3 is 10.1 Å². The third-order valence-electron chi connectivity index (χ3n) is 4.38. The molecule has 0 bridgehead atoms. The minimum Gasteiger partial charge on any atom is -0.462 e. The Morgan fingerprint density at radius 1 is 1.15 bits per heavy atom. The molecular weight excluding hydrogens is 338 g/mol. The van der Waals surface area contributed by atoms with Gasteiger partial charge in [-0.3, -0.25) is 0 Å². The van der Waals surface area contributed by atoms with Gasteiger partial charge in [0.2, 0.25) is 0 Å². The van der Waals surface area contributed by atoms with Crippen LogP contribution in [0, 0.1) is 5.92 Å². The van der Waals surface area contributed by atoms with Crippen LogP contribution in [0.3, 0.4) is 0 Å². The Morgan fingerprint density at radius 3 is 2.74 bits per heavy atom. The Balaban J connectivity index is 2.01. The van der Waals surface area contributed by atoms with E-state index in [-0.39, 0.29) is 5.97 Å². The molecule has 0 fully saturated rings. The van der Waals surface area contributed by atoms with Crippen LogP contribution in [0.5, 0.6) is 0 Å². The molecule has 0 spiro atoms. The van der Waals surface area contributed by atoms with Crippen LogP contribution in [0.25, 0.3) is 22.0 Å². The molecule has 0 radical (unpaired) electrons. The van der Waals surface area contributed by atoms with Crippen molar-refractivity contribution >= 4 is 22.7 Å². The molecular formula is C22H25N3O2. The number of ether oxygens (including phenoxy) is 1. The first kappa shape index (κ1) is 18.8. The number of nitrogens with one attached hydrogen (secondary N) is 1. The minimum atomic E-state index is -0.312. The molecule has 2 aromatic carbocycles. The van der Waals surface area contributed by atoms with Crippen LogP contribution < -0.4 is 5.32 Å². The van der Waals surface area contributed by atoms with Gasteiger partial charge in [0.15, 0.2) is 0 Å². The Morgan fingerprint density at radius 2 is 1.96 bits per heavy atom. The fourth-order valence-electron chi connectivity index (χ4n) is 2.97. The monoisotopic (exact) mass is 363 g/mol. The highest BCUT2D eigenvalue weighted by Crippen LogP contribution is 2.29. The third kappa shape index (κ3) is 4.42. The highest BCUT2D eigenvalue weighted by Gasteiger charge is 2.14. The van der Waals surface area contributed by atoms with Crippen molar-refractivity contribution in [3.63, 3.8) is 0 Å². The predicted octanol–water partition coefficient (Wildman–Crippen LogP) is 4.93. The van der Waals surface area contributed by atoms with E-state index in [1.165, 1.54) is 0 Å². The van der Waals surface area contributed by atoms with Crippen LogP contribution in [0.15, 0.2) is 48.8 Å². The molecule has 0 saturated heterocycles. The van der Waals surface area contributed by atoms with E-state index in [1.807, 2.05) is 43.3 Å². The highest BCUT2D eigenvalue weighted by atomic mass is 16.5. The first-order valence-electron chi connectivity index (χ1n) is 9.35. The summed E-state index contributed by atoms with van der Waals surface area (Å²) in [6.07, 6.45) is 2.64. The zero-order valence-corrected chi connectivity index (χ0v) is 16.0. The number of nitrogens with zero attached hydrogens (tertiary/aromatic N) is 2. The van der Waals surface area contributed by atoms with E-state index >= 15 is 0 Å². The number of carbonyl (C=O) groups excluding carboxylic acids is 1. The average Bonchev–Trinajstić information content (AvgIpc) is 2.68. The van der Waals surface area contributed by atoms with E-state index in [1.54, 1.807) is 12.4 Å². The molecule has 27 heavy (non-hydrogen) atoms. The van der Waals surface area contributed by atoms with Gasteiger partial charge in [-0.25, -0.2) is 14.8 Å². The first-order chi connectivity index (χ1) is 13.1. The van der Waals surface area contributed by atoms with Crippen LogP contribution in [0.2, 0.25) is 0 Å². The van der Waals surface area contributed by atoms with Crippen LogP contribution in [-0.2, 0) is 4.74 Å². The van der Waals surface area contributed by atoms with Crippen molar-refractivity contribution in [2.24, 2.45) is 5.92 Å². The molecule has 1 aromatic heterocycles. The van der Waals surface area contributed by atoms with Crippen LogP contribution in [-0.4, -0.2) is 29.1 Å². The number of hydrogen-bond acceptors (Lipinski definition) is 5. The summed E-state index contributed by atoms with van der Waals surface area (Å²) in [6.45, 7) is 7.41. The number of carbonyl (C=O) groups is 1. The lowest BCUT2D eigenvalue weighted by Gasteiger charge is -2.12. The second-order valence-electron chi connectivity index (χ2n) is 6.83. The van der Waals surface area contributed by atoms with E-state index in [2.05, 4.69) is 29.1 Å². The molecule has 3 rings (SSSR count). The quantitative estimate of drug-likeness (QED) is 0.603. The number of rotatable bonds is 7. The molecule has 1 N–H and O–H groups in total. The number of fused-ring (bicyclic) bond motifs is 1. The maximum Gasteiger partial charge on any atom is 0.338 e. The number of anilines is 1. The van der Waals surface area contributed by atoms with Crippen LogP contribution in [0.4, 0.5) is 5.82 Å². The summed E-state index contributed by atoms with van der Waals surface area (Å²) >= 11 is 0. The molecule has 0 aliphatic carbocycles. The normalized spacial score (nSPS) is 11.0. The molecule has 0 amide bonds. The molecule has 0 aliphatic rings. The number of benzene rings is 2. The molecule has 0 aliphatic heterocycles. The fourth-order valence-corrected chi connectivity index (χ4v) is 2.97. The SMILES string of the molecule is CCOC(=O)c1ccccc1-c1ccc2ncnc(NCCC(C)C)c2c1. The van der Waals surface area contributed by atoms with Gasteiger partial charge in [0.05, 0.1) is 17.7 Å². The van der Waals surface area contributed by atoms with Gasteiger partial charge in [0.25, 0.3) is 0 Å². The Labute approximate surface area is 159 Å². The van der Waals surface area contributed by atoms with Crippen molar-refractivity contribution in [2.45, 2.75) is 27.2 Å². The molecule has 0 saturated carbocycles. The van der Waals surface area contributed by atoms with E-state index < -0.39 is 0 Å². The zero-order chi connectivity index (χ0) is 19.2. The summed E-state index contributed by atoms with van der Waals surface area (Å²) in [5.41, 5.74) is 3.21. The zero-order valence-electron chi connectivity index (χ0n) is 16.0. The maximum absolute atomic E-state index is 12.3. The standard InChI is InChI=1S/C22H25N3O2/c1-4-27-22(26)18-8-6-5-7-17(18)16-9-10-20-19(13-16)21(25-14-24-20)23-12-11-15(2)3/h5-10,13-15H,4,11-12H2,1-3H3,(H,23,24,25). The van der Waals surface area contributed by atoms with E-state index in [4.69, 9.17) is 4.74 Å². The summed E-state index contributed by atoms with van der Waals surface area (Å²) in [5, 5.41) is 4.35. The van der Waals surface area contributed by atoms with Crippen molar-refractivity contribution < 1.29 is 9.53 Å². The second-order valence-corrected chi connectivity index (χ2v) is 6.83. The number of hydrogen-bond donors (Lipinski definition) is 1. The maximum atomic E-state index is 12.3. The van der Waals surface area contributed by atoms with Crippen molar-refractivity contribution in [1.82, 2.24) is 9.97 Å². The van der Waals surface area contributed by atoms with Crippen molar-refractivity contribution in [3.05, 3.63) is 54.4 Å². The first-order valence-corrected chi connectivity index (χ1v) is 9.35. The molecule has 1 heterocycles. The van der Waals surface area contributed by atoms with Crippen LogP contribution >= 0.6 is 0 Å². The summed E-state index contributed by atoms with van der Waals surface area (Å²) in [4.78, 5) is 21.1. The predicted molar refractivity (Wildman–Crippen MR) is 109 cm³/mol. The number of esters is 1. The van der Waals surface area contributed by atoms with Crippen molar-refractivity contribution in [3.8, 4) is 11.1 Å². The van der Waals surface area contributed by atoms with E-state index in [9.17, 15) is 4.79 Å². The van der Waals surface area contributed by atoms with Crippen LogP contribution in [0.1, 0.15) is 37.6 Å². The van der Waals surface area contributed by atoms with Crippen molar-refractivity contribution in [2.75, 3.05) is 18.5 Å². The molecule has 3 aromatic rings. The topological polar surface area (TPSA) is 64.1 Å². The lowest BCUT2D eigenvalue weighted by Crippen LogP contribution is -2.07. The largest absolute Gasteiger partial charge is 0.462 e. The lowest BCUT2D eigenvalue weighted by atomic mass is 9.98. The summed E-state index contributed by atoms with van der Waals surface area (Å²) in [5.74, 6) is 1.13. The summed E-state index contributed by atoms with van der Waals surface area (Å²) < 4.78 is 5.20. The molecule has 5 nitrogen and oxygen atoms in total. The Bertz CT molecular complexity index is 938. The van der Waals surface area contributed by atoms with E-state index in [0.717, 1.165) is 40.8 Å². The minimum absolute atomic E-state index is 0.312. The second kappa shape index (κ2) is 8.62. The molecule has 5 heteroatoms. The van der Waals surface area contributed by atoms with Gasteiger partial charge in [-0.1, -0.05) is 38.1 Å². The van der Waals surface area contributed by atoms with Gasteiger partial charge in [-0.05, 0) is 48.6 Å². The van der Waals surface area contributed by atoms with Crippen molar-refractivity contribution in [1.29, 1.82) is 0 Å². The van der Waals surface area contributed by atoms with Gasteiger partial charge in [0.1, 0.15) is 12.1 Å². The highest BCUT2D eigenvalue weighted by molar-refractivity contribution is 5.99. The number of aromatic nitrogens is 2. The third-order valence-corrected chi connectivity index (χ3v) is 4.38. The van der Waals surface area contributed by atoms with Gasteiger partial charge in [0, 0.05) is 11.9 Å². The van der Waals surface area contributed by atoms with Gasteiger partial charge >= 0.3 is 5.97 Å². The summed E-state index contributed by atoms with van der Waals surface area (Å²) in [6, 6.07) is 13.5. The van der Waals surface area contributed by atoms with Gasteiger partial charge in [-0.2, -0.15) is 0 Å². The molecule has 0 unspecified atom stereocenters. The lowest BCUT2D eigenvalue weighted by molar-refractivity contribution is 0.0527. The summed E-state index contributed by atoms with van der Waals surface area (Å²) in [7, 11) is 0. The fraction of sp³-hybridized carbons (Fsp3) is 0.318. The smallest absolute Gasteiger partial charge is 0.338 e. The van der Waals surface area contributed by atoms with Gasteiger partial charge in [-0.15, -0.1) is 0 Å². The Kier molecular flexibility index (Phi) is 6.01. The van der Waals surface area contributed by atoms with E-state index in [0.29, 0.717) is 18.1 Å².